The highest BCUT2D eigenvalue weighted by atomic mass is 19.1. The molecule has 1 aliphatic heterocycles. The van der Waals surface area contributed by atoms with Crippen LogP contribution in [-0.2, 0) is 22.5 Å². The zero-order chi connectivity index (χ0) is 19.9. The van der Waals surface area contributed by atoms with E-state index in [0.717, 1.165) is 24.0 Å². The fourth-order valence-corrected chi connectivity index (χ4v) is 3.37. The first-order chi connectivity index (χ1) is 13.5. The summed E-state index contributed by atoms with van der Waals surface area (Å²) in [5.41, 5.74) is 1.87. The quantitative estimate of drug-likeness (QED) is 0.753. The number of rotatable bonds is 8. The Kier molecular flexibility index (Phi) is 6.76. The second-order valence-corrected chi connectivity index (χ2v) is 7.04. The summed E-state index contributed by atoms with van der Waals surface area (Å²) in [6, 6.07) is 12.8. The number of halogens is 1. The van der Waals surface area contributed by atoms with E-state index in [1.54, 1.807) is 35.2 Å². The predicted molar refractivity (Wildman–Crippen MR) is 103 cm³/mol. The van der Waals surface area contributed by atoms with Crippen LogP contribution in [0.5, 0.6) is 0 Å². The molecule has 1 aliphatic rings. The summed E-state index contributed by atoms with van der Waals surface area (Å²) in [6.45, 7) is 1.55. The van der Waals surface area contributed by atoms with Gasteiger partial charge in [0.15, 0.2) is 0 Å². The molecular formula is C22H24FNO4. The first-order valence-electron chi connectivity index (χ1n) is 9.47. The number of hydrogen-bond acceptors (Lipinski definition) is 3. The fourth-order valence-electron chi connectivity index (χ4n) is 3.37. The van der Waals surface area contributed by atoms with E-state index in [-0.39, 0.29) is 23.4 Å². The fraction of sp³-hybridized carbons (Fsp3) is 0.364. The Hall–Kier alpha value is -2.73. The van der Waals surface area contributed by atoms with Crippen LogP contribution in [0.1, 0.15) is 40.7 Å². The van der Waals surface area contributed by atoms with Crippen LogP contribution in [-0.4, -0.2) is 41.1 Å². The number of hydrogen-bond donors (Lipinski definition) is 1. The summed E-state index contributed by atoms with van der Waals surface area (Å²) in [7, 11) is 0. The number of carbonyl (C=O) groups is 2. The van der Waals surface area contributed by atoms with Gasteiger partial charge in [-0.2, -0.15) is 0 Å². The van der Waals surface area contributed by atoms with Gasteiger partial charge in [0.1, 0.15) is 5.82 Å². The van der Waals surface area contributed by atoms with Crippen LogP contribution < -0.4 is 0 Å². The van der Waals surface area contributed by atoms with E-state index < -0.39 is 5.97 Å². The molecule has 1 atom stereocenters. The van der Waals surface area contributed by atoms with Crippen LogP contribution in [0.3, 0.4) is 0 Å². The maximum absolute atomic E-state index is 13.5. The van der Waals surface area contributed by atoms with Crippen LogP contribution in [0.4, 0.5) is 4.39 Å². The van der Waals surface area contributed by atoms with Gasteiger partial charge in [-0.05, 0) is 54.7 Å². The highest BCUT2D eigenvalue weighted by Crippen LogP contribution is 2.17. The lowest BCUT2D eigenvalue weighted by molar-refractivity contribution is -0.133. The van der Waals surface area contributed by atoms with Gasteiger partial charge in [0.05, 0.1) is 11.7 Å². The summed E-state index contributed by atoms with van der Waals surface area (Å²) >= 11 is 0. The molecule has 3 rings (SSSR count). The molecule has 0 spiro atoms. The Balaban J connectivity index is 1.63. The van der Waals surface area contributed by atoms with Gasteiger partial charge in [-0.1, -0.05) is 24.3 Å². The Morgan fingerprint density at radius 1 is 1.14 bits per heavy atom. The largest absolute Gasteiger partial charge is 0.478 e. The third kappa shape index (κ3) is 5.63. The van der Waals surface area contributed by atoms with Crippen molar-refractivity contribution in [3.8, 4) is 0 Å². The number of carboxylic acids is 1. The minimum absolute atomic E-state index is 0.0207. The zero-order valence-electron chi connectivity index (χ0n) is 15.6. The average Bonchev–Trinajstić information content (AvgIpc) is 3.19. The lowest BCUT2D eigenvalue weighted by Crippen LogP contribution is -2.37. The van der Waals surface area contributed by atoms with Crippen molar-refractivity contribution in [2.24, 2.45) is 0 Å². The first-order valence-corrected chi connectivity index (χ1v) is 9.47. The molecule has 0 aromatic heterocycles. The molecule has 6 heteroatoms. The summed E-state index contributed by atoms with van der Waals surface area (Å²) in [6.07, 6.45) is 2.75. The molecule has 1 N–H and O–H groups in total. The maximum atomic E-state index is 13.5. The molecule has 1 saturated heterocycles. The van der Waals surface area contributed by atoms with E-state index in [2.05, 4.69) is 0 Å². The van der Waals surface area contributed by atoms with Gasteiger partial charge in [0.2, 0.25) is 5.91 Å². The predicted octanol–water partition coefficient (Wildman–Crippen LogP) is 3.66. The third-order valence-electron chi connectivity index (χ3n) is 4.89. The van der Waals surface area contributed by atoms with E-state index in [1.165, 1.54) is 12.1 Å². The molecule has 1 amide bonds. The van der Waals surface area contributed by atoms with Gasteiger partial charge in [-0.25, -0.2) is 9.18 Å². The molecule has 5 nitrogen and oxygen atoms in total. The molecule has 1 heterocycles. The summed E-state index contributed by atoms with van der Waals surface area (Å²) in [5, 5.41) is 8.96. The minimum atomic E-state index is -0.972. The van der Waals surface area contributed by atoms with Crippen LogP contribution in [0.25, 0.3) is 0 Å². The number of carboxylic acid groups (broad SMARTS) is 1. The second kappa shape index (κ2) is 9.46. The minimum Gasteiger partial charge on any atom is -0.478 e. The highest BCUT2D eigenvalue weighted by Gasteiger charge is 2.22. The van der Waals surface area contributed by atoms with Crippen molar-refractivity contribution >= 4 is 11.9 Å². The number of aryl methyl sites for hydroxylation is 1. The molecule has 1 fully saturated rings. The third-order valence-corrected chi connectivity index (χ3v) is 4.89. The topological polar surface area (TPSA) is 66.8 Å². The van der Waals surface area contributed by atoms with E-state index in [0.29, 0.717) is 32.5 Å². The summed E-state index contributed by atoms with van der Waals surface area (Å²) in [5.74, 6) is -1.32. The second-order valence-electron chi connectivity index (χ2n) is 7.04. The number of amides is 1. The van der Waals surface area contributed by atoms with Gasteiger partial charge in [-0.3, -0.25) is 4.79 Å². The monoisotopic (exact) mass is 385 g/mol. The summed E-state index contributed by atoms with van der Waals surface area (Å²) in [4.78, 5) is 25.5. The van der Waals surface area contributed by atoms with Gasteiger partial charge >= 0.3 is 5.97 Å². The number of ether oxygens (including phenoxy) is 1. The standard InChI is InChI=1S/C22H24FNO4/c23-19-4-1-3-17(13-19)14-24(15-20-5-2-12-28-20)21(25)11-8-16-6-9-18(10-7-16)22(26)27/h1,3-4,6-7,9-10,13,20H,2,5,8,11-12,14-15H2,(H,26,27). The smallest absolute Gasteiger partial charge is 0.335 e. The summed E-state index contributed by atoms with van der Waals surface area (Å²) < 4.78 is 19.2. The van der Waals surface area contributed by atoms with Crippen molar-refractivity contribution in [1.29, 1.82) is 0 Å². The zero-order valence-corrected chi connectivity index (χ0v) is 15.6. The van der Waals surface area contributed by atoms with Crippen molar-refractivity contribution in [3.63, 3.8) is 0 Å². The molecule has 148 valence electrons. The van der Waals surface area contributed by atoms with Gasteiger partial charge < -0.3 is 14.7 Å². The Bertz CT molecular complexity index is 816. The van der Waals surface area contributed by atoms with Gasteiger partial charge in [0.25, 0.3) is 0 Å². The van der Waals surface area contributed by atoms with Crippen LogP contribution >= 0.6 is 0 Å². The Labute approximate surface area is 163 Å². The molecule has 0 saturated carbocycles. The molecule has 2 aromatic rings. The van der Waals surface area contributed by atoms with Crippen LogP contribution in [0.15, 0.2) is 48.5 Å². The number of carbonyl (C=O) groups excluding carboxylic acids is 1. The van der Waals surface area contributed by atoms with E-state index in [1.807, 2.05) is 6.07 Å². The molecule has 0 bridgehead atoms. The lowest BCUT2D eigenvalue weighted by atomic mass is 10.1. The van der Waals surface area contributed by atoms with Crippen LogP contribution in [0, 0.1) is 5.82 Å². The van der Waals surface area contributed by atoms with Crippen molar-refractivity contribution in [3.05, 3.63) is 71.0 Å². The highest BCUT2D eigenvalue weighted by molar-refractivity contribution is 5.87. The Morgan fingerprint density at radius 2 is 1.93 bits per heavy atom. The maximum Gasteiger partial charge on any atom is 0.335 e. The molecule has 2 aromatic carbocycles. The molecule has 28 heavy (non-hydrogen) atoms. The van der Waals surface area contributed by atoms with Crippen molar-refractivity contribution in [1.82, 2.24) is 4.90 Å². The Morgan fingerprint density at radius 3 is 2.57 bits per heavy atom. The van der Waals surface area contributed by atoms with E-state index in [9.17, 15) is 14.0 Å². The van der Waals surface area contributed by atoms with Gasteiger partial charge in [0, 0.05) is 26.1 Å². The molecule has 0 radical (unpaired) electrons. The first kappa shape index (κ1) is 20.0. The van der Waals surface area contributed by atoms with Crippen molar-refractivity contribution in [2.75, 3.05) is 13.2 Å². The average molecular weight is 385 g/mol. The van der Waals surface area contributed by atoms with Gasteiger partial charge in [-0.15, -0.1) is 0 Å². The number of benzene rings is 2. The van der Waals surface area contributed by atoms with Crippen LogP contribution in [0.2, 0.25) is 0 Å². The SMILES string of the molecule is O=C(O)c1ccc(CCC(=O)N(Cc2cccc(F)c2)CC2CCCO2)cc1. The molecular weight excluding hydrogens is 361 g/mol. The van der Waals surface area contributed by atoms with Crippen molar-refractivity contribution < 1.29 is 23.8 Å². The molecule has 1 unspecified atom stereocenters. The van der Waals surface area contributed by atoms with E-state index >= 15 is 0 Å². The normalized spacial score (nSPS) is 16.1. The lowest BCUT2D eigenvalue weighted by Gasteiger charge is -2.26. The van der Waals surface area contributed by atoms with E-state index in [4.69, 9.17) is 9.84 Å². The molecule has 0 aliphatic carbocycles. The number of aromatic carboxylic acids is 1. The van der Waals surface area contributed by atoms with Crippen molar-refractivity contribution in [2.45, 2.75) is 38.3 Å². The number of nitrogens with zero attached hydrogens (tertiary/aromatic N) is 1.